The van der Waals surface area contributed by atoms with E-state index in [2.05, 4.69) is 45.7 Å². The number of hydrogen-bond acceptors (Lipinski definition) is 15. The van der Waals surface area contributed by atoms with Gasteiger partial charge in [-0.05, 0) is 43.3 Å². The molecule has 0 atom stereocenters. The van der Waals surface area contributed by atoms with E-state index in [1.807, 2.05) is 0 Å². The molecule has 0 aliphatic rings. The smallest absolute Gasteiger partial charge is 0.416 e. The average Bonchev–Trinajstić information content (AvgIpc) is 3.78. The normalized spacial score (nSPS) is 11.8. The Bertz CT molecular complexity index is 1950. The van der Waals surface area contributed by atoms with Crippen LogP contribution in [0.3, 0.4) is 0 Å². The second kappa shape index (κ2) is 12.1. The van der Waals surface area contributed by atoms with Gasteiger partial charge in [-0.1, -0.05) is 15.3 Å². The number of aromatic nitrogens is 6. The maximum absolute atomic E-state index is 12.7. The molecular weight excluding hydrogens is 626 g/mol. The second-order valence-electron chi connectivity index (χ2n) is 8.44. The maximum atomic E-state index is 12.7. The van der Waals surface area contributed by atoms with Crippen molar-refractivity contribution in [3.8, 4) is 0 Å². The Kier molecular flexibility index (Phi) is 8.26. The molecule has 0 aliphatic carbocycles. The molecule has 0 aliphatic heterocycles. The summed E-state index contributed by atoms with van der Waals surface area (Å²) in [5, 5.41) is 27.7. The molecule has 0 amide bonds. The van der Waals surface area contributed by atoms with E-state index >= 15 is 0 Å². The number of nitrogens with zero attached hydrogens (tertiary/aromatic N) is 6. The van der Waals surface area contributed by atoms with Crippen molar-refractivity contribution in [3.05, 3.63) is 59.3 Å². The molecule has 0 saturated carbocycles. The lowest BCUT2D eigenvalue weighted by molar-refractivity contribution is -0.138. The third-order valence-electron chi connectivity index (χ3n) is 5.33. The fourth-order valence-electron chi connectivity index (χ4n) is 3.41. The number of halogens is 6. The number of carbonyl (C=O) groups is 1. The Balaban J connectivity index is 0.000000179. The number of ether oxygens (including phenoxy) is 1. The summed E-state index contributed by atoms with van der Waals surface area (Å²) in [5.41, 5.74) is -1.33. The number of esters is 1. The fourth-order valence-corrected chi connectivity index (χ4v) is 3.41. The number of anilines is 4. The Morgan fingerprint density at radius 1 is 0.756 bits per heavy atom. The summed E-state index contributed by atoms with van der Waals surface area (Å²) < 4.78 is 101. The quantitative estimate of drug-likeness (QED) is 0.143. The van der Waals surface area contributed by atoms with Gasteiger partial charge in [0, 0.05) is 0 Å². The molecule has 0 spiro atoms. The van der Waals surface area contributed by atoms with Crippen LogP contribution in [-0.4, -0.2) is 48.0 Å². The number of carbonyl (C=O) groups excluding carboxylic acids is 1. The molecule has 236 valence electrons. The van der Waals surface area contributed by atoms with Gasteiger partial charge in [0.15, 0.2) is 11.2 Å². The second-order valence-corrected chi connectivity index (χ2v) is 8.44. The predicted octanol–water partition coefficient (Wildman–Crippen LogP) is 5.62. The van der Waals surface area contributed by atoms with E-state index in [4.69, 9.17) is 22.8 Å². The van der Waals surface area contributed by atoms with Crippen LogP contribution < -0.4 is 10.6 Å². The summed E-state index contributed by atoms with van der Waals surface area (Å²) in [6.07, 6.45) is -8.94. The molecule has 2 aromatic carbocycles. The Labute approximate surface area is 244 Å². The number of nitrogens with one attached hydrogen (secondary N) is 2. The highest BCUT2D eigenvalue weighted by Gasteiger charge is 2.32. The highest BCUT2D eigenvalue weighted by atomic mass is 19.4. The summed E-state index contributed by atoms with van der Waals surface area (Å²) in [6, 6.07) is 5.23. The topological polar surface area (TPSA) is 200 Å². The van der Waals surface area contributed by atoms with Gasteiger partial charge in [0.05, 0.1) is 17.7 Å². The van der Waals surface area contributed by atoms with Crippen LogP contribution in [0.2, 0.25) is 0 Å². The maximum Gasteiger partial charge on any atom is 0.416 e. The van der Waals surface area contributed by atoms with Crippen molar-refractivity contribution in [1.82, 2.24) is 30.4 Å². The van der Waals surface area contributed by atoms with Crippen molar-refractivity contribution >= 4 is 52.2 Å². The van der Waals surface area contributed by atoms with Crippen LogP contribution in [0.5, 0.6) is 0 Å². The first-order valence-corrected chi connectivity index (χ1v) is 12.3. The van der Waals surface area contributed by atoms with Crippen LogP contribution >= 0.6 is 0 Å². The van der Waals surface area contributed by atoms with Crippen LogP contribution in [0.25, 0.3) is 22.2 Å². The lowest BCUT2D eigenvalue weighted by Gasteiger charge is -2.04. The molecule has 6 aromatic rings. The van der Waals surface area contributed by atoms with E-state index in [0.29, 0.717) is 0 Å². The zero-order chi connectivity index (χ0) is 32.4. The third kappa shape index (κ3) is 7.26. The molecule has 0 unspecified atom stereocenters. The van der Waals surface area contributed by atoms with Crippen LogP contribution in [0.15, 0.2) is 54.1 Å². The van der Waals surface area contributed by atoms with Gasteiger partial charge in [-0.15, -0.1) is 5.10 Å². The first-order valence-electron chi connectivity index (χ1n) is 12.3. The van der Waals surface area contributed by atoms with Crippen molar-refractivity contribution < 1.29 is 58.6 Å². The van der Waals surface area contributed by atoms with Gasteiger partial charge in [0.25, 0.3) is 0 Å². The minimum atomic E-state index is -4.48. The summed E-state index contributed by atoms with van der Waals surface area (Å²) in [7, 11) is 0. The Morgan fingerprint density at radius 3 is 1.73 bits per heavy atom. The molecule has 4 heterocycles. The number of alkyl halides is 6. The predicted molar refractivity (Wildman–Crippen MR) is 135 cm³/mol. The Morgan fingerprint density at radius 2 is 1.27 bits per heavy atom. The molecule has 0 radical (unpaired) electrons. The first kappa shape index (κ1) is 30.7. The highest BCUT2D eigenvalue weighted by Crippen LogP contribution is 2.33. The third-order valence-corrected chi connectivity index (χ3v) is 5.33. The van der Waals surface area contributed by atoms with E-state index in [9.17, 15) is 31.1 Å². The molecule has 0 saturated heterocycles. The molecule has 21 heteroatoms. The zero-order valence-corrected chi connectivity index (χ0v) is 22.2. The SMILES string of the molecule is CCOC(=O)c1nnc(Nc2nc3cc(C(F)(F)F)ccc3o2)o1.OCc1nnc(Nc2nc3cc(C(F)(F)F)ccc3o2)o1. The van der Waals surface area contributed by atoms with Gasteiger partial charge in [0.1, 0.15) is 17.6 Å². The molecule has 45 heavy (non-hydrogen) atoms. The first-order chi connectivity index (χ1) is 21.3. The molecule has 6 rings (SSSR count). The minimum Gasteiger partial charge on any atom is -0.459 e. The summed E-state index contributed by atoms with van der Waals surface area (Å²) in [5.74, 6) is -1.20. The minimum absolute atomic E-state index is 0.00236. The van der Waals surface area contributed by atoms with E-state index in [-0.39, 0.29) is 64.6 Å². The number of benzene rings is 2. The number of rotatable bonds is 7. The van der Waals surface area contributed by atoms with Crippen LogP contribution in [0.4, 0.5) is 50.4 Å². The molecule has 4 aromatic heterocycles. The van der Waals surface area contributed by atoms with Crippen molar-refractivity contribution in [2.75, 3.05) is 17.2 Å². The van der Waals surface area contributed by atoms with Gasteiger partial charge in [-0.25, -0.2) is 4.79 Å². The van der Waals surface area contributed by atoms with E-state index in [1.54, 1.807) is 6.92 Å². The Hall–Kier alpha value is -5.73. The highest BCUT2D eigenvalue weighted by molar-refractivity contribution is 5.84. The molecule has 15 nitrogen and oxygen atoms in total. The van der Waals surface area contributed by atoms with Crippen LogP contribution in [-0.2, 0) is 23.7 Å². The fraction of sp³-hybridized carbons (Fsp3) is 0.208. The van der Waals surface area contributed by atoms with E-state index in [1.165, 1.54) is 6.07 Å². The van der Waals surface area contributed by atoms with Crippen LogP contribution in [0.1, 0.15) is 34.6 Å². The lowest BCUT2D eigenvalue weighted by Crippen LogP contribution is -2.04. The lowest BCUT2D eigenvalue weighted by atomic mass is 10.2. The molecule has 3 N–H and O–H groups in total. The van der Waals surface area contributed by atoms with Gasteiger partial charge in [-0.3, -0.25) is 10.6 Å². The number of hydrogen-bond donors (Lipinski definition) is 3. The van der Waals surface area contributed by atoms with Gasteiger partial charge >= 0.3 is 48.3 Å². The van der Waals surface area contributed by atoms with Gasteiger partial charge in [-0.2, -0.15) is 36.3 Å². The number of aliphatic hydroxyl groups excluding tert-OH is 1. The van der Waals surface area contributed by atoms with E-state index in [0.717, 1.165) is 30.3 Å². The summed E-state index contributed by atoms with van der Waals surface area (Å²) in [6.45, 7) is 1.31. The zero-order valence-electron chi connectivity index (χ0n) is 22.2. The number of aliphatic hydroxyl groups is 1. The van der Waals surface area contributed by atoms with Crippen molar-refractivity contribution in [3.63, 3.8) is 0 Å². The summed E-state index contributed by atoms with van der Waals surface area (Å²) >= 11 is 0. The van der Waals surface area contributed by atoms with Crippen LogP contribution in [0, 0.1) is 0 Å². The molecular formula is C24H16F6N8O7. The molecule has 0 fully saturated rings. The van der Waals surface area contributed by atoms with Crippen molar-refractivity contribution in [2.45, 2.75) is 25.9 Å². The number of oxazole rings is 2. The monoisotopic (exact) mass is 642 g/mol. The van der Waals surface area contributed by atoms with Gasteiger partial charge in [0.2, 0.25) is 5.89 Å². The standard InChI is InChI=1S/C13H9F3N4O4.C11H7F3N4O3/c1-2-22-10(21)9-19-20-12(24-9)18-11-17-7-5-6(13(14,15)16)3-4-8(7)23-11;12-11(13,14)5-1-2-7-6(3-5)15-9(20-7)16-10-18-17-8(4-19)21-10/h3-5H,2H2,1H3,(H,17,18,20);1-3,19H,4H2,(H,15,16,18). The van der Waals surface area contributed by atoms with Gasteiger partial charge < -0.3 is 27.5 Å². The largest absolute Gasteiger partial charge is 0.459 e. The van der Waals surface area contributed by atoms with Crippen molar-refractivity contribution in [2.24, 2.45) is 0 Å². The molecule has 0 bridgehead atoms. The van der Waals surface area contributed by atoms with E-state index < -0.39 is 36.1 Å². The average molecular weight is 642 g/mol. The van der Waals surface area contributed by atoms with Crippen molar-refractivity contribution in [1.29, 1.82) is 0 Å². The number of fused-ring (bicyclic) bond motifs is 2. The summed E-state index contributed by atoms with van der Waals surface area (Å²) in [4.78, 5) is 19.1.